The van der Waals surface area contributed by atoms with Crippen LogP contribution in [0.2, 0.25) is 0 Å². The van der Waals surface area contributed by atoms with Gasteiger partial charge in [-0.2, -0.15) is 4.57 Å². The van der Waals surface area contributed by atoms with Gasteiger partial charge in [0.05, 0.1) is 0 Å². The third-order valence-electron chi connectivity index (χ3n) is 1.13. The van der Waals surface area contributed by atoms with Crippen LogP contribution in [0.25, 0.3) is 0 Å². The summed E-state index contributed by atoms with van der Waals surface area (Å²) in [5.41, 5.74) is 5.19. The summed E-state index contributed by atoms with van der Waals surface area (Å²) >= 11 is 0. The van der Waals surface area contributed by atoms with E-state index in [1.165, 1.54) is 0 Å². The van der Waals surface area contributed by atoms with Crippen molar-refractivity contribution in [1.82, 2.24) is 0 Å². The zero-order chi connectivity index (χ0) is 7.40. The summed E-state index contributed by atoms with van der Waals surface area (Å²) < 4.78 is 1.85. The monoisotopic (exact) mass is 136 g/mol. The Morgan fingerprint density at radius 2 is 1.90 bits per heavy atom. The molecule has 0 unspecified atom stereocenters. The molecule has 3 heteroatoms. The van der Waals surface area contributed by atoms with Crippen molar-refractivity contribution in [2.24, 2.45) is 5.73 Å². The van der Waals surface area contributed by atoms with Crippen LogP contribution in [-0.4, -0.2) is 5.84 Å². The van der Waals surface area contributed by atoms with E-state index in [0.29, 0.717) is 6.54 Å². The second-order valence-electron chi connectivity index (χ2n) is 2.07. The van der Waals surface area contributed by atoms with E-state index in [9.17, 15) is 0 Å². The van der Waals surface area contributed by atoms with Crippen LogP contribution in [0, 0.1) is 5.41 Å². The Labute approximate surface area is 59.6 Å². The Kier molecular flexibility index (Phi) is 1.99. The number of nitrogens with one attached hydrogen (secondary N) is 1. The third kappa shape index (κ3) is 1.85. The maximum atomic E-state index is 6.99. The van der Waals surface area contributed by atoms with Gasteiger partial charge in [-0.3, -0.25) is 5.41 Å². The zero-order valence-corrected chi connectivity index (χ0v) is 5.62. The van der Waals surface area contributed by atoms with E-state index in [1.807, 2.05) is 35.2 Å². The molecule has 0 amide bonds. The van der Waals surface area contributed by atoms with E-state index in [4.69, 9.17) is 11.1 Å². The second-order valence-corrected chi connectivity index (χ2v) is 2.07. The van der Waals surface area contributed by atoms with Crippen molar-refractivity contribution in [3.05, 3.63) is 30.6 Å². The summed E-state index contributed by atoms with van der Waals surface area (Å²) in [5.74, 6) is 0.177. The van der Waals surface area contributed by atoms with Crippen molar-refractivity contribution in [3.8, 4) is 0 Å². The highest BCUT2D eigenvalue weighted by atomic mass is 15.0. The number of pyridine rings is 1. The van der Waals surface area contributed by atoms with Crippen LogP contribution in [0.15, 0.2) is 30.6 Å². The first-order valence-corrected chi connectivity index (χ1v) is 3.06. The van der Waals surface area contributed by atoms with Crippen molar-refractivity contribution in [1.29, 1.82) is 5.41 Å². The van der Waals surface area contributed by atoms with Crippen LogP contribution < -0.4 is 10.3 Å². The molecule has 10 heavy (non-hydrogen) atoms. The lowest BCUT2D eigenvalue weighted by Crippen LogP contribution is -2.39. The molecule has 3 nitrogen and oxygen atoms in total. The predicted octanol–water partition coefficient (Wildman–Crippen LogP) is -0.0899. The highest BCUT2D eigenvalue weighted by molar-refractivity contribution is 5.75. The molecule has 3 N–H and O–H groups in total. The number of amidine groups is 1. The molecule has 0 radical (unpaired) electrons. The van der Waals surface area contributed by atoms with Crippen LogP contribution in [0.5, 0.6) is 0 Å². The Balaban J connectivity index is 2.67. The van der Waals surface area contributed by atoms with Crippen molar-refractivity contribution in [2.45, 2.75) is 6.54 Å². The average molecular weight is 136 g/mol. The van der Waals surface area contributed by atoms with Crippen LogP contribution in [0.3, 0.4) is 0 Å². The Morgan fingerprint density at radius 3 is 2.40 bits per heavy atom. The molecule has 1 heterocycles. The molecule has 0 bridgehead atoms. The maximum Gasteiger partial charge on any atom is 0.204 e. The van der Waals surface area contributed by atoms with Crippen LogP contribution >= 0.6 is 0 Å². The quantitative estimate of drug-likeness (QED) is 0.333. The third-order valence-corrected chi connectivity index (χ3v) is 1.13. The van der Waals surface area contributed by atoms with Gasteiger partial charge in [0, 0.05) is 12.1 Å². The largest absolute Gasteiger partial charge is 0.382 e. The molecular weight excluding hydrogens is 126 g/mol. The smallest absolute Gasteiger partial charge is 0.204 e. The van der Waals surface area contributed by atoms with Crippen molar-refractivity contribution in [2.75, 3.05) is 0 Å². The molecule has 0 aliphatic carbocycles. The lowest BCUT2D eigenvalue weighted by Gasteiger charge is -1.91. The molecule has 0 aromatic carbocycles. The van der Waals surface area contributed by atoms with Gasteiger partial charge in [0.1, 0.15) is 0 Å². The predicted molar refractivity (Wildman–Crippen MR) is 38.6 cm³/mol. The van der Waals surface area contributed by atoms with Crippen LogP contribution in [0.1, 0.15) is 0 Å². The minimum atomic E-state index is 0.177. The molecule has 0 saturated heterocycles. The molecular formula is C7H10N3+. The highest BCUT2D eigenvalue weighted by Crippen LogP contribution is 1.75. The molecule has 0 spiro atoms. The SMILES string of the molecule is N=C(N)C[n+]1ccccc1. The summed E-state index contributed by atoms with van der Waals surface area (Å²) in [7, 11) is 0. The summed E-state index contributed by atoms with van der Waals surface area (Å²) in [6.45, 7) is 0.473. The van der Waals surface area contributed by atoms with Gasteiger partial charge < -0.3 is 5.73 Å². The van der Waals surface area contributed by atoms with Gasteiger partial charge in [-0.05, 0) is 0 Å². The normalized spacial score (nSPS) is 9.20. The second kappa shape index (κ2) is 2.96. The standard InChI is InChI=1S/C7H10N3/c8-7(9)6-10-4-2-1-3-5-10/h1-5H,6H2,(H3,8,9)/q+1. The van der Waals surface area contributed by atoms with Gasteiger partial charge in [-0.15, -0.1) is 0 Å². The van der Waals surface area contributed by atoms with Gasteiger partial charge in [-0.25, -0.2) is 0 Å². The van der Waals surface area contributed by atoms with E-state index in [2.05, 4.69) is 0 Å². The first-order valence-electron chi connectivity index (χ1n) is 3.06. The molecule has 0 aliphatic rings. The van der Waals surface area contributed by atoms with Gasteiger partial charge in [0.25, 0.3) is 0 Å². The van der Waals surface area contributed by atoms with Crippen LogP contribution in [-0.2, 0) is 6.54 Å². The fraction of sp³-hybridized carbons (Fsp3) is 0.143. The molecule has 0 saturated carbocycles. The van der Waals surface area contributed by atoms with Gasteiger partial charge in [0.2, 0.25) is 6.54 Å². The number of hydrogen-bond acceptors (Lipinski definition) is 1. The number of rotatable bonds is 2. The molecule has 1 rings (SSSR count). The van der Waals surface area contributed by atoms with Crippen molar-refractivity contribution in [3.63, 3.8) is 0 Å². The summed E-state index contributed by atoms with van der Waals surface area (Å²) in [4.78, 5) is 0. The molecule has 1 aromatic heterocycles. The minimum absolute atomic E-state index is 0.177. The molecule has 0 aliphatic heterocycles. The van der Waals surface area contributed by atoms with E-state index >= 15 is 0 Å². The number of hydrogen-bond donors (Lipinski definition) is 2. The zero-order valence-electron chi connectivity index (χ0n) is 5.62. The Morgan fingerprint density at radius 1 is 1.30 bits per heavy atom. The van der Waals surface area contributed by atoms with E-state index < -0.39 is 0 Å². The van der Waals surface area contributed by atoms with Gasteiger partial charge >= 0.3 is 0 Å². The first-order chi connectivity index (χ1) is 4.79. The molecule has 0 atom stereocenters. The number of aromatic nitrogens is 1. The van der Waals surface area contributed by atoms with E-state index in [-0.39, 0.29) is 5.84 Å². The first kappa shape index (κ1) is 6.74. The lowest BCUT2D eigenvalue weighted by molar-refractivity contribution is -0.682. The van der Waals surface area contributed by atoms with Crippen molar-refractivity contribution < 1.29 is 4.57 Å². The average Bonchev–Trinajstić information content (AvgIpc) is 1.88. The van der Waals surface area contributed by atoms with Crippen molar-refractivity contribution >= 4 is 5.84 Å². The minimum Gasteiger partial charge on any atom is -0.382 e. The Bertz CT molecular complexity index is 218. The fourth-order valence-electron chi connectivity index (χ4n) is 0.736. The number of nitrogens with two attached hydrogens (primary N) is 1. The summed E-state index contributed by atoms with van der Waals surface area (Å²) in [6, 6.07) is 5.74. The van der Waals surface area contributed by atoms with E-state index in [1.54, 1.807) is 0 Å². The topological polar surface area (TPSA) is 53.8 Å². The molecule has 1 aromatic rings. The Hall–Kier alpha value is -1.38. The van der Waals surface area contributed by atoms with Gasteiger partial charge in [-0.1, -0.05) is 6.07 Å². The van der Waals surface area contributed by atoms with Gasteiger partial charge in [0.15, 0.2) is 18.2 Å². The molecule has 52 valence electrons. The highest BCUT2D eigenvalue weighted by Gasteiger charge is 1.97. The molecule has 0 fully saturated rings. The summed E-state index contributed by atoms with van der Waals surface area (Å²) in [6.07, 6.45) is 3.75. The summed E-state index contributed by atoms with van der Waals surface area (Å²) in [5, 5.41) is 6.99. The van der Waals surface area contributed by atoms with E-state index in [0.717, 1.165) is 0 Å². The maximum absolute atomic E-state index is 6.99. The fourth-order valence-corrected chi connectivity index (χ4v) is 0.736. The van der Waals surface area contributed by atoms with Crippen LogP contribution in [0.4, 0.5) is 0 Å². The number of nitrogens with zero attached hydrogens (tertiary/aromatic N) is 1. The lowest BCUT2D eigenvalue weighted by atomic mass is 10.4.